The maximum absolute atomic E-state index is 5.20. The SMILES string of the molecule is COc1cc(C)nc(CNCC=C(C)C)c1. The molecule has 0 unspecified atom stereocenters. The highest BCUT2D eigenvalue weighted by Gasteiger charge is 1.99. The number of methoxy groups -OCH3 is 1. The van der Waals surface area contributed by atoms with Crippen molar-refractivity contribution >= 4 is 0 Å². The van der Waals surface area contributed by atoms with Gasteiger partial charge in [0.1, 0.15) is 5.75 Å². The van der Waals surface area contributed by atoms with Crippen LogP contribution in [0.25, 0.3) is 0 Å². The van der Waals surface area contributed by atoms with Crippen molar-refractivity contribution in [3.8, 4) is 5.75 Å². The van der Waals surface area contributed by atoms with Crippen LogP contribution in [0.5, 0.6) is 5.75 Å². The van der Waals surface area contributed by atoms with Crippen LogP contribution in [0.15, 0.2) is 23.8 Å². The Hall–Kier alpha value is -1.35. The van der Waals surface area contributed by atoms with Crippen molar-refractivity contribution in [3.63, 3.8) is 0 Å². The minimum atomic E-state index is 0.766. The Morgan fingerprint density at radius 1 is 1.44 bits per heavy atom. The second kappa shape index (κ2) is 6.28. The number of ether oxygens (including phenoxy) is 1. The summed E-state index contributed by atoms with van der Waals surface area (Å²) >= 11 is 0. The first-order valence-corrected chi connectivity index (χ1v) is 5.47. The summed E-state index contributed by atoms with van der Waals surface area (Å²) in [5.74, 6) is 0.867. The van der Waals surface area contributed by atoms with Gasteiger partial charge < -0.3 is 10.1 Å². The van der Waals surface area contributed by atoms with Crippen LogP contribution in [0, 0.1) is 6.92 Å². The van der Waals surface area contributed by atoms with Crippen molar-refractivity contribution in [2.45, 2.75) is 27.3 Å². The Balaban J connectivity index is 2.53. The smallest absolute Gasteiger partial charge is 0.122 e. The molecule has 16 heavy (non-hydrogen) atoms. The van der Waals surface area contributed by atoms with E-state index in [1.54, 1.807) is 7.11 Å². The van der Waals surface area contributed by atoms with Crippen molar-refractivity contribution in [1.29, 1.82) is 0 Å². The van der Waals surface area contributed by atoms with Crippen LogP contribution >= 0.6 is 0 Å². The number of aryl methyl sites for hydroxylation is 1. The molecule has 88 valence electrons. The van der Waals surface area contributed by atoms with Gasteiger partial charge in [0, 0.05) is 30.9 Å². The summed E-state index contributed by atoms with van der Waals surface area (Å²) in [4.78, 5) is 4.44. The van der Waals surface area contributed by atoms with Gasteiger partial charge in [0.2, 0.25) is 0 Å². The molecule has 3 nitrogen and oxygen atoms in total. The zero-order valence-corrected chi connectivity index (χ0v) is 10.5. The lowest BCUT2D eigenvalue weighted by Gasteiger charge is -2.06. The summed E-state index contributed by atoms with van der Waals surface area (Å²) in [6.07, 6.45) is 2.16. The molecular formula is C13H20N2O. The van der Waals surface area contributed by atoms with E-state index in [1.165, 1.54) is 5.57 Å². The van der Waals surface area contributed by atoms with Gasteiger partial charge in [-0.25, -0.2) is 0 Å². The van der Waals surface area contributed by atoms with Gasteiger partial charge in [-0.3, -0.25) is 4.98 Å². The number of nitrogens with zero attached hydrogens (tertiary/aromatic N) is 1. The first-order chi connectivity index (χ1) is 7.61. The highest BCUT2D eigenvalue weighted by molar-refractivity contribution is 5.26. The van der Waals surface area contributed by atoms with Crippen molar-refractivity contribution in [2.24, 2.45) is 0 Å². The maximum atomic E-state index is 5.20. The molecule has 1 heterocycles. The van der Waals surface area contributed by atoms with Crippen LogP contribution in [-0.4, -0.2) is 18.6 Å². The van der Waals surface area contributed by atoms with E-state index < -0.39 is 0 Å². The molecule has 0 saturated heterocycles. The van der Waals surface area contributed by atoms with E-state index in [1.807, 2.05) is 19.1 Å². The van der Waals surface area contributed by atoms with Crippen LogP contribution in [-0.2, 0) is 6.54 Å². The Morgan fingerprint density at radius 2 is 2.19 bits per heavy atom. The van der Waals surface area contributed by atoms with E-state index in [0.717, 1.165) is 30.2 Å². The third kappa shape index (κ3) is 4.45. The molecule has 1 aromatic rings. The van der Waals surface area contributed by atoms with Crippen molar-refractivity contribution in [1.82, 2.24) is 10.3 Å². The van der Waals surface area contributed by atoms with Gasteiger partial charge in [0.15, 0.2) is 0 Å². The standard InChI is InChI=1S/C13H20N2O/c1-10(2)5-6-14-9-12-8-13(16-4)7-11(3)15-12/h5,7-8,14H,6,9H2,1-4H3. The topological polar surface area (TPSA) is 34.1 Å². The van der Waals surface area contributed by atoms with Crippen LogP contribution in [0.1, 0.15) is 25.2 Å². The molecule has 3 heteroatoms. The van der Waals surface area contributed by atoms with Crippen LogP contribution in [0.4, 0.5) is 0 Å². The third-order valence-electron chi connectivity index (χ3n) is 2.18. The molecule has 0 saturated carbocycles. The largest absolute Gasteiger partial charge is 0.497 e. The summed E-state index contributed by atoms with van der Waals surface area (Å²) in [6.45, 7) is 7.80. The van der Waals surface area contributed by atoms with Gasteiger partial charge in [0.25, 0.3) is 0 Å². The number of pyridine rings is 1. The molecule has 0 amide bonds. The number of rotatable bonds is 5. The molecule has 0 radical (unpaired) electrons. The van der Waals surface area contributed by atoms with Gasteiger partial charge >= 0.3 is 0 Å². The van der Waals surface area contributed by atoms with E-state index in [0.29, 0.717) is 0 Å². The lowest BCUT2D eigenvalue weighted by atomic mass is 10.3. The average Bonchev–Trinajstić information content (AvgIpc) is 2.23. The van der Waals surface area contributed by atoms with E-state index in [2.05, 4.69) is 30.2 Å². The lowest BCUT2D eigenvalue weighted by Crippen LogP contribution is -2.14. The monoisotopic (exact) mass is 220 g/mol. The minimum Gasteiger partial charge on any atom is -0.497 e. The number of nitrogens with one attached hydrogen (secondary N) is 1. The lowest BCUT2D eigenvalue weighted by molar-refractivity contribution is 0.413. The van der Waals surface area contributed by atoms with E-state index in [-0.39, 0.29) is 0 Å². The summed E-state index contributed by atoms with van der Waals surface area (Å²) in [5.41, 5.74) is 3.32. The van der Waals surface area contributed by atoms with Gasteiger partial charge in [-0.2, -0.15) is 0 Å². The van der Waals surface area contributed by atoms with Crippen LogP contribution in [0.3, 0.4) is 0 Å². The molecule has 0 aromatic carbocycles. The molecule has 0 spiro atoms. The highest BCUT2D eigenvalue weighted by Crippen LogP contribution is 2.12. The normalized spacial score (nSPS) is 10.0. The maximum Gasteiger partial charge on any atom is 0.122 e. The number of hydrogen-bond donors (Lipinski definition) is 1. The fourth-order valence-corrected chi connectivity index (χ4v) is 1.39. The molecule has 0 aliphatic heterocycles. The fraction of sp³-hybridized carbons (Fsp3) is 0.462. The Labute approximate surface area is 97.5 Å². The predicted octanol–water partition coefficient (Wildman–Crippen LogP) is 2.45. The molecule has 1 aromatic heterocycles. The predicted molar refractivity (Wildman–Crippen MR) is 66.7 cm³/mol. The molecular weight excluding hydrogens is 200 g/mol. The van der Waals surface area contributed by atoms with Crippen LogP contribution < -0.4 is 10.1 Å². The van der Waals surface area contributed by atoms with Crippen molar-refractivity contribution < 1.29 is 4.74 Å². The van der Waals surface area contributed by atoms with Crippen molar-refractivity contribution in [2.75, 3.05) is 13.7 Å². The van der Waals surface area contributed by atoms with Crippen molar-refractivity contribution in [3.05, 3.63) is 35.2 Å². The first-order valence-electron chi connectivity index (χ1n) is 5.47. The molecule has 1 rings (SSSR count). The third-order valence-corrected chi connectivity index (χ3v) is 2.18. The average molecular weight is 220 g/mol. The molecule has 0 bridgehead atoms. The zero-order valence-electron chi connectivity index (χ0n) is 10.5. The molecule has 0 atom stereocenters. The zero-order chi connectivity index (χ0) is 12.0. The number of aromatic nitrogens is 1. The van der Waals surface area contributed by atoms with E-state index in [4.69, 9.17) is 4.74 Å². The summed E-state index contributed by atoms with van der Waals surface area (Å²) in [5, 5.41) is 3.32. The van der Waals surface area contributed by atoms with E-state index in [9.17, 15) is 0 Å². The molecule has 0 fully saturated rings. The van der Waals surface area contributed by atoms with E-state index >= 15 is 0 Å². The minimum absolute atomic E-state index is 0.766. The first kappa shape index (κ1) is 12.7. The summed E-state index contributed by atoms with van der Waals surface area (Å²) in [6, 6.07) is 3.89. The molecule has 0 aliphatic carbocycles. The Kier molecular flexibility index (Phi) is 4.99. The van der Waals surface area contributed by atoms with Gasteiger partial charge in [-0.15, -0.1) is 0 Å². The number of allylic oxidation sites excluding steroid dienone is 1. The Morgan fingerprint density at radius 3 is 2.81 bits per heavy atom. The molecule has 0 aliphatic rings. The van der Waals surface area contributed by atoms with Gasteiger partial charge in [-0.05, 0) is 20.8 Å². The summed E-state index contributed by atoms with van der Waals surface area (Å²) in [7, 11) is 1.68. The fourth-order valence-electron chi connectivity index (χ4n) is 1.39. The second-order valence-electron chi connectivity index (χ2n) is 4.05. The summed E-state index contributed by atoms with van der Waals surface area (Å²) < 4.78 is 5.20. The van der Waals surface area contributed by atoms with Gasteiger partial charge in [0.05, 0.1) is 12.8 Å². The Bertz CT molecular complexity index is 368. The van der Waals surface area contributed by atoms with Gasteiger partial charge in [-0.1, -0.05) is 11.6 Å². The second-order valence-corrected chi connectivity index (χ2v) is 4.05. The number of hydrogen-bond acceptors (Lipinski definition) is 3. The van der Waals surface area contributed by atoms with Crippen LogP contribution in [0.2, 0.25) is 0 Å². The highest BCUT2D eigenvalue weighted by atomic mass is 16.5. The molecule has 1 N–H and O–H groups in total. The quantitative estimate of drug-likeness (QED) is 0.611.